The highest BCUT2D eigenvalue weighted by Crippen LogP contribution is 2.37. The molecule has 108 valence electrons. The maximum atomic E-state index is 12.5. The first-order valence-corrected chi connectivity index (χ1v) is 6.28. The molecule has 4 nitrogen and oxygen atoms in total. The summed E-state index contributed by atoms with van der Waals surface area (Å²) in [5.41, 5.74) is 7.93. The third-order valence-electron chi connectivity index (χ3n) is 3.07. The Balaban J connectivity index is 2.60. The van der Waals surface area contributed by atoms with E-state index < -0.39 is 6.61 Å². The molecule has 6 heteroatoms. The van der Waals surface area contributed by atoms with E-state index in [1.807, 2.05) is 13.8 Å². The molecular weight excluding hydrogens is 264 g/mol. The molecule has 0 aliphatic rings. The van der Waals surface area contributed by atoms with E-state index in [1.54, 1.807) is 29.9 Å². The third kappa shape index (κ3) is 2.59. The lowest BCUT2D eigenvalue weighted by molar-refractivity contribution is -0.0494. The highest BCUT2D eigenvalue weighted by molar-refractivity contribution is 5.74. The number of nitrogen functional groups attached to an aromatic ring is 1. The summed E-state index contributed by atoms with van der Waals surface area (Å²) in [5, 5.41) is 4.34. The van der Waals surface area contributed by atoms with Crippen LogP contribution in [0, 0.1) is 0 Å². The summed E-state index contributed by atoms with van der Waals surface area (Å²) < 4.78 is 31.1. The van der Waals surface area contributed by atoms with Gasteiger partial charge in [-0.3, -0.25) is 4.68 Å². The molecule has 0 saturated carbocycles. The Morgan fingerprint density at radius 1 is 1.25 bits per heavy atom. The van der Waals surface area contributed by atoms with Crippen molar-refractivity contribution in [3.8, 4) is 17.0 Å². The molecule has 2 N–H and O–H groups in total. The maximum Gasteiger partial charge on any atom is 0.387 e. The van der Waals surface area contributed by atoms with Crippen LogP contribution >= 0.6 is 0 Å². The topological polar surface area (TPSA) is 53.1 Å². The Kier molecular flexibility index (Phi) is 3.92. The van der Waals surface area contributed by atoms with Gasteiger partial charge in [-0.2, -0.15) is 13.9 Å². The summed E-state index contributed by atoms with van der Waals surface area (Å²) in [6, 6.07) is 6.59. The predicted octanol–water partition coefficient (Wildman–Crippen LogP) is 3.39. The Labute approximate surface area is 116 Å². The first-order chi connectivity index (χ1) is 9.41. The minimum atomic E-state index is -2.88. The minimum absolute atomic E-state index is 0.0995. The van der Waals surface area contributed by atoms with E-state index in [4.69, 9.17) is 5.73 Å². The zero-order chi connectivity index (χ0) is 14.9. The van der Waals surface area contributed by atoms with E-state index in [9.17, 15) is 8.78 Å². The van der Waals surface area contributed by atoms with Crippen LogP contribution in [0.25, 0.3) is 11.3 Å². The van der Waals surface area contributed by atoms with Gasteiger partial charge >= 0.3 is 6.61 Å². The molecule has 0 fully saturated rings. The van der Waals surface area contributed by atoms with Crippen LogP contribution in [0.4, 0.5) is 14.6 Å². The number of hydrogen-bond donors (Lipinski definition) is 1. The van der Waals surface area contributed by atoms with Crippen LogP contribution in [0.5, 0.6) is 5.75 Å². The molecule has 0 amide bonds. The number of alkyl halides is 2. The number of hydrogen-bond acceptors (Lipinski definition) is 3. The van der Waals surface area contributed by atoms with Crippen molar-refractivity contribution in [3.05, 3.63) is 29.8 Å². The number of halogens is 2. The zero-order valence-corrected chi connectivity index (χ0v) is 11.6. The normalized spacial score (nSPS) is 11.3. The second kappa shape index (κ2) is 5.48. The van der Waals surface area contributed by atoms with E-state index >= 15 is 0 Å². The van der Waals surface area contributed by atoms with Crippen LogP contribution in [-0.2, 0) is 7.05 Å². The second-order valence-electron chi connectivity index (χ2n) is 4.80. The zero-order valence-electron chi connectivity index (χ0n) is 11.6. The van der Waals surface area contributed by atoms with E-state index in [-0.39, 0.29) is 11.7 Å². The van der Waals surface area contributed by atoms with E-state index in [2.05, 4.69) is 9.84 Å². The van der Waals surface area contributed by atoms with Crippen molar-refractivity contribution in [2.45, 2.75) is 26.4 Å². The second-order valence-corrected chi connectivity index (χ2v) is 4.80. The number of ether oxygens (including phenoxy) is 1. The SMILES string of the molecule is CC(C)c1c(-c2ccccc2OC(F)F)nn(C)c1N. The Morgan fingerprint density at radius 3 is 2.50 bits per heavy atom. The Morgan fingerprint density at radius 2 is 1.90 bits per heavy atom. The van der Waals surface area contributed by atoms with Crippen molar-refractivity contribution < 1.29 is 13.5 Å². The Hall–Kier alpha value is -2.11. The van der Waals surface area contributed by atoms with Crippen molar-refractivity contribution in [1.82, 2.24) is 9.78 Å². The Bertz CT molecular complexity index is 608. The maximum absolute atomic E-state index is 12.5. The fraction of sp³-hybridized carbons (Fsp3) is 0.357. The number of nitrogens with two attached hydrogens (primary N) is 1. The molecule has 1 heterocycles. The molecular formula is C14H17F2N3O. The predicted molar refractivity (Wildman–Crippen MR) is 73.8 cm³/mol. The first-order valence-electron chi connectivity index (χ1n) is 6.28. The average Bonchev–Trinajstić information content (AvgIpc) is 2.65. The average molecular weight is 281 g/mol. The molecule has 0 unspecified atom stereocenters. The standard InChI is InChI=1S/C14H17F2N3O/c1-8(2)11-12(18-19(3)13(11)17)9-6-4-5-7-10(9)20-14(15)16/h4-8,14H,17H2,1-3H3. The molecule has 0 atom stereocenters. The van der Waals surface area contributed by atoms with Gasteiger partial charge in [-0.25, -0.2) is 0 Å². The van der Waals surface area contributed by atoms with Crippen LogP contribution < -0.4 is 10.5 Å². The van der Waals surface area contributed by atoms with Crippen molar-refractivity contribution in [1.29, 1.82) is 0 Å². The van der Waals surface area contributed by atoms with E-state index in [0.717, 1.165) is 5.56 Å². The fourth-order valence-electron chi connectivity index (χ4n) is 2.18. The third-order valence-corrected chi connectivity index (χ3v) is 3.07. The first kappa shape index (κ1) is 14.3. The molecule has 1 aromatic carbocycles. The highest BCUT2D eigenvalue weighted by Gasteiger charge is 2.21. The molecule has 2 aromatic rings. The summed E-state index contributed by atoms with van der Waals surface area (Å²) >= 11 is 0. The lowest BCUT2D eigenvalue weighted by Gasteiger charge is -2.11. The molecule has 0 aliphatic carbocycles. The van der Waals surface area contributed by atoms with Crippen LogP contribution in [0.2, 0.25) is 0 Å². The lowest BCUT2D eigenvalue weighted by atomic mass is 9.98. The number of nitrogens with zero attached hydrogens (tertiary/aromatic N) is 2. The summed E-state index contributed by atoms with van der Waals surface area (Å²) in [5.74, 6) is 0.752. The van der Waals surface area contributed by atoms with Crippen molar-refractivity contribution in [3.63, 3.8) is 0 Å². The monoisotopic (exact) mass is 281 g/mol. The van der Waals surface area contributed by atoms with Gasteiger partial charge in [0.25, 0.3) is 0 Å². The van der Waals surface area contributed by atoms with Gasteiger partial charge in [0.2, 0.25) is 0 Å². The van der Waals surface area contributed by atoms with Crippen LogP contribution in [-0.4, -0.2) is 16.4 Å². The van der Waals surface area contributed by atoms with Gasteiger partial charge in [0.05, 0.1) is 0 Å². The molecule has 0 bridgehead atoms. The van der Waals surface area contributed by atoms with Gasteiger partial charge in [-0.05, 0) is 18.1 Å². The quantitative estimate of drug-likeness (QED) is 0.934. The number of benzene rings is 1. The van der Waals surface area contributed by atoms with Gasteiger partial charge in [-0.15, -0.1) is 0 Å². The van der Waals surface area contributed by atoms with Gasteiger partial charge in [0.1, 0.15) is 17.3 Å². The summed E-state index contributed by atoms with van der Waals surface area (Å²) in [6.07, 6.45) is 0. The number of rotatable bonds is 4. The molecule has 0 saturated heterocycles. The molecule has 20 heavy (non-hydrogen) atoms. The number of anilines is 1. The van der Waals surface area contributed by atoms with Gasteiger partial charge in [-0.1, -0.05) is 26.0 Å². The van der Waals surface area contributed by atoms with Gasteiger partial charge in [0, 0.05) is 18.2 Å². The van der Waals surface area contributed by atoms with Gasteiger partial charge < -0.3 is 10.5 Å². The van der Waals surface area contributed by atoms with Crippen LogP contribution in [0.1, 0.15) is 25.3 Å². The summed E-state index contributed by atoms with van der Waals surface area (Å²) in [6.45, 7) is 1.08. The largest absolute Gasteiger partial charge is 0.434 e. The number of aromatic nitrogens is 2. The van der Waals surface area contributed by atoms with E-state index in [0.29, 0.717) is 17.1 Å². The molecule has 2 rings (SSSR count). The minimum Gasteiger partial charge on any atom is -0.434 e. The van der Waals surface area contributed by atoms with Crippen LogP contribution in [0.3, 0.4) is 0 Å². The lowest BCUT2D eigenvalue weighted by Crippen LogP contribution is -2.04. The number of aryl methyl sites for hydroxylation is 1. The summed E-state index contributed by atoms with van der Waals surface area (Å²) in [4.78, 5) is 0. The molecule has 1 aromatic heterocycles. The number of para-hydroxylation sites is 1. The molecule has 0 radical (unpaired) electrons. The molecule has 0 spiro atoms. The van der Waals surface area contributed by atoms with Crippen molar-refractivity contribution in [2.24, 2.45) is 7.05 Å². The summed E-state index contributed by atoms with van der Waals surface area (Å²) in [7, 11) is 1.72. The fourth-order valence-corrected chi connectivity index (χ4v) is 2.18. The smallest absolute Gasteiger partial charge is 0.387 e. The van der Waals surface area contributed by atoms with Crippen molar-refractivity contribution >= 4 is 5.82 Å². The van der Waals surface area contributed by atoms with Crippen molar-refractivity contribution in [2.75, 3.05) is 5.73 Å². The van der Waals surface area contributed by atoms with Gasteiger partial charge in [0.15, 0.2) is 0 Å². The van der Waals surface area contributed by atoms with E-state index in [1.165, 1.54) is 6.07 Å². The highest BCUT2D eigenvalue weighted by atomic mass is 19.3. The molecule has 0 aliphatic heterocycles. The van der Waals surface area contributed by atoms with Crippen LogP contribution in [0.15, 0.2) is 24.3 Å².